The minimum absolute atomic E-state index is 0.809. The molecule has 100 valence electrons. The van der Waals surface area contributed by atoms with E-state index in [9.17, 15) is 0 Å². The van der Waals surface area contributed by atoms with Crippen molar-refractivity contribution in [2.24, 2.45) is 11.8 Å². The van der Waals surface area contributed by atoms with Crippen LogP contribution in [0.15, 0.2) is 10.7 Å². The Labute approximate surface area is 118 Å². The van der Waals surface area contributed by atoms with E-state index in [-0.39, 0.29) is 0 Å². The first-order valence-corrected chi connectivity index (χ1v) is 7.74. The number of hydrogen-bond donors (Lipinski definition) is 1. The Hall–Kier alpha value is -0.640. The zero-order chi connectivity index (χ0) is 13.0. The van der Waals surface area contributed by atoms with Crippen LogP contribution in [0.1, 0.15) is 45.4 Å². The lowest BCUT2D eigenvalue weighted by Crippen LogP contribution is -2.13. The van der Waals surface area contributed by atoms with Gasteiger partial charge in [-0.25, -0.2) is 9.97 Å². The SMILES string of the molecule is CCCc1nc(Br)cc(NCC2CCC(C)C2)n1. The van der Waals surface area contributed by atoms with Crippen LogP contribution in [0, 0.1) is 11.8 Å². The molecule has 2 unspecified atom stereocenters. The second-order valence-corrected chi connectivity index (χ2v) is 6.22. The largest absolute Gasteiger partial charge is 0.370 e. The fourth-order valence-corrected chi connectivity index (χ4v) is 3.07. The van der Waals surface area contributed by atoms with Crippen LogP contribution in [0.25, 0.3) is 0 Å². The van der Waals surface area contributed by atoms with Gasteiger partial charge < -0.3 is 5.32 Å². The highest BCUT2D eigenvalue weighted by atomic mass is 79.9. The molecule has 1 aromatic heterocycles. The lowest BCUT2D eigenvalue weighted by atomic mass is 10.1. The maximum atomic E-state index is 4.55. The van der Waals surface area contributed by atoms with Crippen molar-refractivity contribution in [2.75, 3.05) is 11.9 Å². The van der Waals surface area contributed by atoms with Crippen LogP contribution >= 0.6 is 15.9 Å². The highest BCUT2D eigenvalue weighted by molar-refractivity contribution is 9.10. The summed E-state index contributed by atoms with van der Waals surface area (Å²) in [4.78, 5) is 8.93. The van der Waals surface area contributed by atoms with Gasteiger partial charge in [0.25, 0.3) is 0 Å². The van der Waals surface area contributed by atoms with Crippen LogP contribution in [0.5, 0.6) is 0 Å². The zero-order valence-electron chi connectivity index (χ0n) is 11.2. The second kappa shape index (κ2) is 6.50. The van der Waals surface area contributed by atoms with Gasteiger partial charge in [-0.1, -0.05) is 20.3 Å². The monoisotopic (exact) mass is 311 g/mol. The molecule has 0 spiro atoms. The predicted molar refractivity (Wildman–Crippen MR) is 78.7 cm³/mol. The minimum Gasteiger partial charge on any atom is -0.370 e. The van der Waals surface area contributed by atoms with E-state index in [1.54, 1.807) is 0 Å². The van der Waals surface area contributed by atoms with Crippen molar-refractivity contribution < 1.29 is 0 Å². The van der Waals surface area contributed by atoms with Crippen LogP contribution in [-0.2, 0) is 6.42 Å². The number of anilines is 1. The first-order chi connectivity index (χ1) is 8.67. The van der Waals surface area contributed by atoms with E-state index in [0.29, 0.717) is 0 Å². The molecule has 0 amide bonds. The third-order valence-electron chi connectivity index (χ3n) is 3.59. The molecule has 1 aliphatic rings. The third-order valence-corrected chi connectivity index (χ3v) is 4.00. The molecule has 0 bridgehead atoms. The molecule has 1 aliphatic carbocycles. The standard InChI is InChI=1S/C14H22BrN3/c1-3-4-13-17-12(15)8-14(18-13)16-9-11-6-5-10(2)7-11/h8,10-11H,3-7,9H2,1-2H3,(H,16,17,18). The molecule has 1 saturated carbocycles. The second-order valence-electron chi connectivity index (χ2n) is 5.41. The number of nitrogens with zero attached hydrogens (tertiary/aromatic N) is 2. The Bertz CT molecular complexity index is 395. The van der Waals surface area contributed by atoms with E-state index in [0.717, 1.165) is 47.5 Å². The molecule has 4 heteroatoms. The van der Waals surface area contributed by atoms with Crippen molar-refractivity contribution in [2.45, 2.75) is 46.0 Å². The van der Waals surface area contributed by atoms with Crippen molar-refractivity contribution in [3.63, 3.8) is 0 Å². The topological polar surface area (TPSA) is 37.8 Å². The Kier molecular flexibility index (Phi) is 4.98. The normalized spacial score (nSPS) is 23.3. The zero-order valence-corrected chi connectivity index (χ0v) is 12.8. The van der Waals surface area contributed by atoms with Crippen molar-refractivity contribution in [1.29, 1.82) is 0 Å². The van der Waals surface area contributed by atoms with E-state index in [4.69, 9.17) is 0 Å². The van der Waals surface area contributed by atoms with Gasteiger partial charge in [-0.05, 0) is 47.0 Å². The van der Waals surface area contributed by atoms with Gasteiger partial charge in [0.1, 0.15) is 16.2 Å². The molecule has 0 radical (unpaired) electrons. The van der Waals surface area contributed by atoms with Gasteiger partial charge in [0, 0.05) is 19.0 Å². The summed E-state index contributed by atoms with van der Waals surface area (Å²) in [7, 11) is 0. The number of hydrogen-bond acceptors (Lipinski definition) is 3. The van der Waals surface area contributed by atoms with Crippen LogP contribution in [0.4, 0.5) is 5.82 Å². The Balaban J connectivity index is 1.92. The molecule has 0 aliphatic heterocycles. The van der Waals surface area contributed by atoms with Crippen LogP contribution in [-0.4, -0.2) is 16.5 Å². The first kappa shape index (κ1) is 13.8. The lowest BCUT2D eigenvalue weighted by molar-refractivity contribution is 0.536. The summed E-state index contributed by atoms with van der Waals surface area (Å²) in [5.74, 6) is 3.59. The summed E-state index contributed by atoms with van der Waals surface area (Å²) in [5.41, 5.74) is 0. The third kappa shape index (κ3) is 3.94. The van der Waals surface area contributed by atoms with Crippen molar-refractivity contribution in [1.82, 2.24) is 9.97 Å². The number of rotatable bonds is 5. The maximum Gasteiger partial charge on any atom is 0.132 e. The van der Waals surface area contributed by atoms with Crippen molar-refractivity contribution >= 4 is 21.7 Å². The summed E-state index contributed by atoms with van der Waals surface area (Å²) < 4.78 is 0.878. The van der Waals surface area contributed by atoms with Crippen molar-refractivity contribution in [3.8, 4) is 0 Å². The fraction of sp³-hybridized carbons (Fsp3) is 0.714. The van der Waals surface area contributed by atoms with E-state index in [1.165, 1.54) is 19.3 Å². The average molecular weight is 312 g/mol. The summed E-state index contributed by atoms with van der Waals surface area (Å²) >= 11 is 3.45. The van der Waals surface area contributed by atoms with E-state index < -0.39 is 0 Å². The molecule has 0 aromatic carbocycles. The highest BCUT2D eigenvalue weighted by Crippen LogP contribution is 2.30. The van der Waals surface area contributed by atoms with Gasteiger partial charge >= 0.3 is 0 Å². The molecular weight excluding hydrogens is 290 g/mol. The highest BCUT2D eigenvalue weighted by Gasteiger charge is 2.20. The van der Waals surface area contributed by atoms with Gasteiger partial charge in [-0.2, -0.15) is 0 Å². The molecule has 1 fully saturated rings. The minimum atomic E-state index is 0.809. The molecule has 3 nitrogen and oxygen atoms in total. The smallest absolute Gasteiger partial charge is 0.132 e. The lowest BCUT2D eigenvalue weighted by Gasteiger charge is -2.12. The van der Waals surface area contributed by atoms with Gasteiger partial charge in [0.15, 0.2) is 0 Å². The van der Waals surface area contributed by atoms with E-state index >= 15 is 0 Å². The van der Waals surface area contributed by atoms with Crippen molar-refractivity contribution in [3.05, 3.63) is 16.5 Å². The molecule has 2 rings (SSSR count). The molecule has 1 aromatic rings. The summed E-state index contributed by atoms with van der Waals surface area (Å²) in [6, 6.07) is 1.97. The Morgan fingerprint density at radius 3 is 2.89 bits per heavy atom. The molecule has 1 heterocycles. The quantitative estimate of drug-likeness (QED) is 0.834. The average Bonchev–Trinajstić information content (AvgIpc) is 2.72. The molecule has 1 N–H and O–H groups in total. The molecule has 2 atom stereocenters. The summed E-state index contributed by atoms with van der Waals surface area (Å²) in [5, 5.41) is 3.47. The number of aromatic nitrogens is 2. The molecule has 0 saturated heterocycles. The first-order valence-electron chi connectivity index (χ1n) is 6.94. The summed E-state index contributed by atoms with van der Waals surface area (Å²) in [6.45, 7) is 5.54. The van der Waals surface area contributed by atoms with Gasteiger partial charge in [-0.3, -0.25) is 0 Å². The van der Waals surface area contributed by atoms with Crippen LogP contribution in [0.3, 0.4) is 0 Å². The Morgan fingerprint density at radius 2 is 2.22 bits per heavy atom. The van der Waals surface area contributed by atoms with Gasteiger partial charge in [0.2, 0.25) is 0 Å². The van der Waals surface area contributed by atoms with Crippen LogP contribution < -0.4 is 5.32 Å². The summed E-state index contributed by atoms with van der Waals surface area (Å²) in [6.07, 6.45) is 6.09. The number of nitrogens with one attached hydrogen (secondary N) is 1. The van der Waals surface area contributed by atoms with E-state index in [1.807, 2.05) is 6.07 Å². The van der Waals surface area contributed by atoms with Gasteiger partial charge in [-0.15, -0.1) is 0 Å². The Morgan fingerprint density at radius 1 is 1.39 bits per heavy atom. The number of aryl methyl sites for hydroxylation is 1. The van der Waals surface area contributed by atoms with Gasteiger partial charge in [0.05, 0.1) is 0 Å². The maximum absolute atomic E-state index is 4.55. The molecule has 18 heavy (non-hydrogen) atoms. The predicted octanol–water partition coefficient (Wildman–Crippen LogP) is 4.04. The van der Waals surface area contributed by atoms with E-state index in [2.05, 4.69) is 45.1 Å². The number of halogens is 1. The van der Waals surface area contributed by atoms with Crippen LogP contribution in [0.2, 0.25) is 0 Å². The fourth-order valence-electron chi connectivity index (χ4n) is 2.65. The molecular formula is C14H22BrN3.